The molecule has 1 aromatic carbocycles. The summed E-state index contributed by atoms with van der Waals surface area (Å²) >= 11 is 0. The third-order valence-electron chi connectivity index (χ3n) is 4.97. The molecular weight excluding hydrogens is 282 g/mol. The van der Waals surface area contributed by atoms with Crippen molar-refractivity contribution in [2.24, 2.45) is 5.41 Å². The molecule has 2 fully saturated rings. The molecule has 1 aliphatic carbocycles. The van der Waals surface area contributed by atoms with Crippen molar-refractivity contribution in [3.8, 4) is 0 Å². The van der Waals surface area contributed by atoms with Gasteiger partial charge < -0.3 is 15.1 Å². The summed E-state index contributed by atoms with van der Waals surface area (Å²) in [5.74, 6) is -1.08. The molecule has 1 saturated heterocycles. The van der Waals surface area contributed by atoms with E-state index in [4.69, 9.17) is 5.11 Å². The number of hydrogen-bond donors (Lipinski definition) is 2. The minimum Gasteiger partial charge on any atom is -0.479 e. The summed E-state index contributed by atoms with van der Waals surface area (Å²) in [6.45, 7) is 0.635. The molecule has 0 unspecified atom stereocenters. The summed E-state index contributed by atoms with van der Waals surface area (Å²) < 4.78 is 0. The summed E-state index contributed by atoms with van der Waals surface area (Å²) in [6.07, 6.45) is 2.73. The maximum absolute atomic E-state index is 12.8. The zero-order valence-corrected chi connectivity index (χ0v) is 12.5. The lowest BCUT2D eigenvalue weighted by atomic mass is 9.89. The van der Waals surface area contributed by atoms with Crippen LogP contribution in [0.1, 0.15) is 31.2 Å². The number of rotatable bonds is 4. The van der Waals surface area contributed by atoms with Gasteiger partial charge in [0, 0.05) is 25.9 Å². The first-order valence-electron chi connectivity index (χ1n) is 7.74. The van der Waals surface area contributed by atoms with E-state index in [0.717, 1.165) is 24.8 Å². The van der Waals surface area contributed by atoms with E-state index in [1.54, 1.807) is 4.90 Å². The lowest BCUT2D eigenvalue weighted by Crippen LogP contribution is -2.52. The predicted octanol–water partition coefficient (Wildman–Crippen LogP) is 1.45. The van der Waals surface area contributed by atoms with E-state index < -0.39 is 11.6 Å². The molecule has 1 amide bonds. The van der Waals surface area contributed by atoms with Gasteiger partial charge in [0.2, 0.25) is 5.91 Å². The lowest BCUT2D eigenvalue weighted by molar-refractivity contribution is -0.166. The molecule has 118 valence electrons. The molecule has 0 aromatic heterocycles. The Hall–Kier alpha value is -1.88. The number of nitrogens with zero attached hydrogens (tertiary/aromatic N) is 1. The second-order valence-corrected chi connectivity index (χ2v) is 6.57. The van der Waals surface area contributed by atoms with Crippen LogP contribution in [-0.4, -0.2) is 45.7 Å². The minimum absolute atomic E-state index is 0.107. The first-order chi connectivity index (χ1) is 10.5. The van der Waals surface area contributed by atoms with Gasteiger partial charge >= 0.3 is 5.97 Å². The average Bonchev–Trinajstić information content (AvgIpc) is 3.29. The van der Waals surface area contributed by atoms with E-state index in [1.807, 2.05) is 30.3 Å². The van der Waals surface area contributed by atoms with Crippen LogP contribution in [0.25, 0.3) is 0 Å². The topological polar surface area (TPSA) is 77.8 Å². The molecule has 0 radical (unpaired) electrons. The van der Waals surface area contributed by atoms with Gasteiger partial charge in [0.15, 0.2) is 5.60 Å². The van der Waals surface area contributed by atoms with Gasteiger partial charge in [-0.15, -0.1) is 0 Å². The molecule has 1 heterocycles. The Bertz CT molecular complexity index is 572. The summed E-state index contributed by atoms with van der Waals surface area (Å²) in [4.78, 5) is 25.5. The maximum Gasteiger partial charge on any atom is 0.335 e. The summed E-state index contributed by atoms with van der Waals surface area (Å²) in [6, 6.07) is 9.98. The highest BCUT2D eigenvalue weighted by atomic mass is 16.4. The van der Waals surface area contributed by atoms with Gasteiger partial charge in [-0.2, -0.15) is 0 Å². The lowest BCUT2D eigenvalue weighted by Gasteiger charge is -2.37. The SMILES string of the molecule is O=C(O)C1(O)CCN(C(=O)C2(Cc3ccccc3)CC2)CC1. The normalized spacial score (nSPS) is 22.1. The van der Waals surface area contributed by atoms with Crippen LogP contribution in [-0.2, 0) is 16.0 Å². The van der Waals surface area contributed by atoms with E-state index in [1.165, 1.54) is 0 Å². The van der Waals surface area contributed by atoms with Gasteiger partial charge in [-0.05, 0) is 24.8 Å². The highest BCUT2D eigenvalue weighted by molar-refractivity contribution is 5.86. The number of amides is 1. The number of carbonyl (C=O) groups excluding carboxylic acids is 1. The standard InChI is InChI=1S/C17H21NO4/c19-14(18-10-8-17(22,9-11-18)15(20)21)16(6-7-16)12-13-4-2-1-3-5-13/h1-5,22H,6-12H2,(H,20,21). The molecule has 1 saturated carbocycles. The molecule has 0 spiro atoms. The van der Waals surface area contributed by atoms with Crippen LogP contribution in [0.3, 0.4) is 0 Å². The fraction of sp³-hybridized carbons (Fsp3) is 0.529. The van der Waals surface area contributed by atoms with Crippen LogP contribution in [0.15, 0.2) is 30.3 Å². The van der Waals surface area contributed by atoms with Gasteiger partial charge in [-0.3, -0.25) is 4.79 Å². The van der Waals surface area contributed by atoms with E-state index in [0.29, 0.717) is 13.1 Å². The van der Waals surface area contributed by atoms with Crippen LogP contribution < -0.4 is 0 Å². The second kappa shape index (κ2) is 5.39. The molecule has 5 nitrogen and oxygen atoms in total. The van der Waals surface area contributed by atoms with Crippen molar-refractivity contribution in [1.82, 2.24) is 4.90 Å². The summed E-state index contributed by atoms with van der Waals surface area (Å²) in [5.41, 5.74) is -0.820. The fourth-order valence-corrected chi connectivity index (χ4v) is 3.23. The number of aliphatic carboxylic acids is 1. The van der Waals surface area contributed by atoms with Crippen molar-refractivity contribution in [1.29, 1.82) is 0 Å². The maximum atomic E-state index is 12.8. The Morgan fingerprint density at radius 1 is 1.05 bits per heavy atom. The van der Waals surface area contributed by atoms with Crippen molar-refractivity contribution in [3.63, 3.8) is 0 Å². The molecular formula is C17H21NO4. The Morgan fingerprint density at radius 3 is 2.14 bits per heavy atom. The highest BCUT2D eigenvalue weighted by Gasteiger charge is 2.52. The molecule has 2 aliphatic rings. The van der Waals surface area contributed by atoms with E-state index in [-0.39, 0.29) is 24.2 Å². The van der Waals surface area contributed by atoms with E-state index >= 15 is 0 Å². The first-order valence-corrected chi connectivity index (χ1v) is 7.74. The molecule has 0 atom stereocenters. The van der Waals surface area contributed by atoms with Crippen LogP contribution >= 0.6 is 0 Å². The number of carboxylic acid groups (broad SMARTS) is 1. The monoisotopic (exact) mass is 303 g/mol. The van der Waals surface area contributed by atoms with Gasteiger partial charge in [-0.25, -0.2) is 4.79 Å². The highest BCUT2D eigenvalue weighted by Crippen LogP contribution is 2.50. The number of aliphatic hydroxyl groups is 1. The van der Waals surface area contributed by atoms with E-state index in [2.05, 4.69) is 0 Å². The van der Waals surface area contributed by atoms with Crippen molar-refractivity contribution in [2.45, 2.75) is 37.7 Å². The van der Waals surface area contributed by atoms with Gasteiger partial charge in [0.25, 0.3) is 0 Å². The number of carboxylic acids is 1. The number of carbonyl (C=O) groups is 2. The van der Waals surface area contributed by atoms with Gasteiger partial charge in [0.1, 0.15) is 0 Å². The predicted molar refractivity (Wildman–Crippen MR) is 80.2 cm³/mol. The van der Waals surface area contributed by atoms with Crippen molar-refractivity contribution in [3.05, 3.63) is 35.9 Å². The Morgan fingerprint density at radius 2 is 1.64 bits per heavy atom. The first kappa shape index (κ1) is 15.0. The quantitative estimate of drug-likeness (QED) is 0.882. The Balaban J connectivity index is 1.64. The summed E-state index contributed by atoms with van der Waals surface area (Å²) in [5, 5.41) is 19.0. The number of likely N-dealkylation sites (tertiary alicyclic amines) is 1. The molecule has 3 rings (SSSR count). The molecule has 22 heavy (non-hydrogen) atoms. The van der Waals surface area contributed by atoms with Crippen LogP contribution in [0.4, 0.5) is 0 Å². The number of piperidine rings is 1. The molecule has 2 N–H and O–H groups in total. The molecule has 1 aromatic rings. The number of benzene rings is 1. The largest absolute Gasteiger partial charge is 0.479 e. The smallest absolute Gasteiger partial charge is 0.335 e. The Kier molecular flexibility index (Phi) is 3.68. The second-order valence-electron chi connectivity index (χ2n) is 6.57. The zero-order valence-electron chi connectivity index (χ0n) is 12.5. The Labute approximate surface area is 129 Å². The molecule has 5 heteroatoms. The van der Waals surface area contributed by atoms with Crippen LogP contribution in [0.2, 0.25) is 0 Å². The fourth-order valence-electron chi connectivity index (χ4n) is 3.23. The minimum atomic E-state index is -1.67. The van der Waals surface area contributed by atoms with Crippen LogP contribution in [0, 0.1) is 5.41 Å². The molecule has 0 bridgehead atoms. The van der Waals surface area contributed by atoms with Crippen molar-refractivity contribution < 1.29 is 19.8 Å². The third kappa shape index (κ3) is 2.73. The van der Waals surface area contributed by atoms with Gasteiger partial charge in [0.05, 0.1) is 5.41 Å². The van der Waals surface area contributed by atoms with Crippen molar-refractivity contribution in [2.75, 3.05) is 13.1 Å². The summed E-state index contributed by atoms with van der Waals surface area (Å²) in [7, 11) is 0. The zero-order chi connectivity index (χ0) is 15.8. The number of hydrogen-bond acceptors (Lipinski definition) is 3. The average molecular weight is 303 g/mol. The third-order valence-corrected chi connectivity index (χ3v) is 4.97. The molecule has 1 aliphatic heterocycles. The van der Waals surface area contributed by atoms with E-state index in [9.17, 15) is 14.7 Å². The van der Waals surface area contributed by atoms with Crippen molar-refractivity contribution >= 4 is 11.9 Å². The van der Waals surface area contributed by atoms with Crippen LogP contribution in [0.5, 0.6) is 0 Å². The van der Waals surface area contributed by atoms with Gasteiger partial charge in [-0.1, -0.05) is 30.3 Å².